The van der Waals surface area contributed by atoms with Crippen LogP contribution in [0.1, 0.15) is 12.8 Å². The Kier molecular flexibility index (Phi) is 4.09. The van der Waals surface area contributed by atoms with Gasteiger partial charge in [-0.15, -0.1) is 0 Å². The molecule has 0 aliphatic carbocycles. The quantitative estimate of drug-likeness (QED) is 0.559. The Balaban J connectivity index is 2.39. The Morgan fingerprint density at radius 1 is 1.36 bits per heavy atom. The van der Waals surface area contributed by atoms with Crippen LogP contribution in [0.3, 0.4) is 0 Å². The lowest BCUT2D eigenvalue weighted by molar-refractivity contribution is 0.386. The molecule has 0 atom stereocenters. The van der Waals surface area contributed by atoms with E-state index in [1.807, 2.05) is 14.1 Å². The topological polar surface area (TPSA) is 56.8 Å². The van der Waals surface area contributed by atoms with E-state index in [1.165, 1.54) is 0 Å². The van der Waals surface area contributed by atoms with Crippen LogP contribution < -0.4 is 5.69 Å². The van der Waals surface area contributed by atoms with Crippen molar-refractivity contribution in [3.05, 3.63) is 15.3 Å². The van der Waals surface area contributed by atoms with Crippen LogP contribution in [-0.2, 0) is 6.54 Å². The van der Waals surface area contributed by atoms with Gasteiger partial charge in [-0.2, -0.15) is 0 Å². The average Bonchev–Trinajstić information content (AvgIpc) is 2.42. The number of unbranched alkanes of at least 4 members (excludes halogenated alkanes) is 1. The molecule has 0 unspecified atom stereocenters. The van der Waals surface area contributed by atoms with Gasteiger partial charge in [-0.25, -0.2) is 9.89 Å². The Morgan fingerprint density at radius 3 is 2.57 bits per heavy atom. The number of hydrogen-bond donors (Lipinski definition) is 2. The number of rotatable bonds is 5. The summed E-state index contributed by atoms with van der Waals surface area (Å²) in [5.74, 6) is 0. The average molecular weight is 216 g/mol. The molecular formula is C8H16N4OS. The number of hydrogen-bond acceptors (Lipinski definition) is 3. The molecule has 0 saturated heterocycles. The molecule has 0 amide bonds. The van der Waals surface area contributed by atoms with Crippen LogP contribution in [0.4, 0.5) is 0 Å². The fourth-order valence-electron chi connectivity index (χ4n) is 1.24. The van der Waals surface area contributed by atoms with E-state index in [0.717, 1.165) is 19.4 Å². The van der Waals surface area contributed by atoms with Crippen LogP contribution in [0.2, 0.25) is 0 Å². The smallest absolute Gasteiger partial charge is 0.309 e. The summed E-state index contributed by atoms with van der Waals surface area (Å²) >= 11 is 4.94. The molecule has 14 heavy (non-hydrogen) atoms. The molecule has 80 valence electrons. The summed E-state index contributed by atoms with van der Waals surface area (Å²) in [6.45, 7) is 1.72. The minimum absolute atomic E-state index is 0.153. The van der Waals surface area contributed by atoms with Crippen molar-refractivity contribution in [1.82, 2.24) is 19.7 Å². The molecule has 0 aliphatic rings. The number of aromatic nitrogens is 3. The third kappa shape index (κ3) is 3.12. The highest BCUT2D eigenvalue weighted by Crippen LogP contribution is 1.94. The maximum atomic E-state index is 11.2. The van der Waals surface area contributed by atoms with E-state index in [2.05, 4.69) is 15.1 Å². The van der Waals surface area contributed by atoms with Crippen molar-refractivity contribution in [2.24, 2.45) is 0 Å². The third-order valence-corrected chi connectivity index (χ3v) is 2.33. The zero-order valence-electron chi connectivity index (χ0n) is 8.54. The fourth-order valence-corrected chi connectivity index (χ4v) is 1.46. The second-order valence-electron chi connectivity index (χ2n) is 3.52. The van der Waals surface area contributed by atoms with Crippen LogP contribution in [0.5, 0.6) is 0 Å². The van der Waals surface area contributed by atoms with Crippen LogP contribution >= 0.6 is 12.2 Å². The molecule has 0 aliphatic heterocycles. The van der Waals surface area contributed by atoms with E-state index in [1.54, 1.807) is 4.57 Å². The second kappa shape index (κ2) is 5.11. The van der Waals surface area contributed by atoms with Crippen molar-refractivity contribution < 1.29 is 0 Å². The van der Waals surface area contributed by atoms with E-state index in [4.69, 9.17) is 12.2 Å². The maximum absolute atomic E-state index is 11.2. The Morgan fingerprint density at radius 2 is 2.07 bits per heavy atom. The molecule has 0 bridgehead atoms. The molecule has 0 fully saturated rings. The van der Waals surface area contributed by atoms with E-state index >= 15 is 0 Å². The molecule has 0 spiro atoms. The number of aromatic amines is 2. The summed E-state index contributed by atoms with van der Waals surface area (Å²) in [5, 5.41) is 5.07. The van der Waals surface area contributed by atoms with Gasteiger partial charge in [-0.1, -0.05) is 0 Å². The second-order valence-corrected chi connectivity index (χ2v) is 3.91. The predicted octanol–water partition coefficient (Wildman–Crippen LogP) is 0.576. The minimum Gasteiger partial charge on any atom is -0.309 e. The number of nitrogens with one attached hydrogen (secondary N) is 2. The molecule has 0 radical (unpaired) electrons. The zero-order valence-corrected chi connectivity index (χ0v) is 9.36. The summed E-state index contributed by atoms with van der Waals surface area (Å²) in [4.78, 5) is 13.3. The molecule has 1 aromatic rings. The third-order valence-electron chi connectivity index (χ3n) is 2.00. The molecule has 2 N–H and O–H groups in total. The molecule has 5 nitrogen and oxygen atoms in total. The first-order chi connectivity index (χ1) is 6.61. The van der Waals surface area contributed by atoms with Crippen molar-refractivity contribution in [3.63, 3.8) is 0 Å². The van der Waals surface area contributed by atoms with Crippen molar-refractivity contribution >= 4 is 12.2 Å². The van der Waals surface area contributed by atoms with Crippen LogP contribution in [0, 0.1) is 4.77 Å². The standard InChI is InChI=1S/C8H16N4OS/c1-11(2)5-3-4-6-12-7(13)9-10-8(12)14/h3-6H2,1-2H3,(H,9,13)(H,10,14). The maximum Gasteiger partial charge on any atom is 0.342 e. The Labute approximate surface area is 87.7 Å². The summed E-state index contributed by atoms with van der Waals surface area (Å²) in [7, 11) is 4.07. The van der Waals surface area contributed by atoms with E-state index in [-0.39, 0.29) is 5.69 Å². The van der Waals surface area contributed by atoms with Crippen LogP contribution in [0.15, 0.2) is 4.79 Å². The number of nitrogens with zero attached hydrogens (tertiary/aromatic N) is 2. The first-order valence-electron chi connectivity index (χ1n) is 4.63. The highest BCUT2D eigenvalue weighted by Gasteiger charge is 1.99. The van der Waals surface area contributed by atoms with Gasteiger partial charge in [0.25, 0.3) is 0 Å². The van der Waals surface area contributed by atoms with E-state index in [9.17, 15) is 4.79 Å². The first kappa shape index (κ1) is 11.2. The highest BCUT2D eigenvalue weighted by molar-refractivity contribution is 7.71. The first-order valence-corrected chi connectivity index (χ1v) is 5.04. The van der Waals surface area contributed by atoms with Crippen LogP contribution in [0.25, 0.3) is 0 Å². The Hall–Kier alpha value is -0.880. The van der Waals surface area contributed by atoms with Crippen molar-refractivity contribution in [3.8, 4) is 0 Å². The minimum atomic E-state index is -0.153. The molecule has 0 saturated carbocycles. The predicted molar refractivity (Wildman–Crippen MR) is 58.0 cm³/mol. The largest absolute Gasteiger partial charge is 0.342 e. The van der Waals surface area contributed by atoms with Gasteiger partial charge in [-0.3, -0.25) is 9.67 Å². The molecule has 1 rings (SSSR count). The fraction of sp³-hybridized carbons (Fsp3) is 0.750. The normalized spacial score (nSPS) is 11.1. The van der Waals surface area contributed by atoms with Crippen LogP contribution in [-0.4, -0.2) is 40.3 Å². The molecule has 1 heterocycles. The SMILES string of the molecule is CN(C)CCCCn1c(=O)[nH][nH]c1=S. The summed E-state index contributed by atoms with van der Waals surface area (Å²) < 4.78 is 2.02. The molecular weight excluding hydrogens is 200 g/mol. The van der Waals surface area contributed by atoms with Crippen molar-refractivity contribution in [2.45, 2.75) is 19.4 Å². The van der Waals surface area contributed by atoms with Gasteiger partial charge in [0.2, 0.25) is 0 Å². The van der Waals surface area contributed by atoms with Gasteiger partial charge in [0.1, 0.15) is 0 Å². The number of H-pyrrole nitrogens is 2. The van der Waals surface area contributed by atoms with E-state index < -0.39 is 0 Å². The van der Waals surface area contributed by atoms with Gasteiger partial charge in [0.15, 0.2) is 4.77 Å². The van der Waals surface area contributed by atoms with Gasteiger partial charge in [0.05, 0.1) is 0 Å². The van der Waals surface area contributed by atoms with Gasteiger partial charge in [0, 0.05) is 6.54 Å². The lowest BCUT2D eigenvalue weighted by Crippen LogP contribution is -2.18. The monoisotopic (exact) mass is 216 g/mol. The molecule has 1 aromatic heterocycles. The lowest BCUT2D eigenvalue weighted by atomic mass is 10.3. The van der Waals surface area contributed by atoms with Gasteiger partial charge in [-0.05, 0) is 45.7 Å². The Bertz CT molecular complexity index is 348. The molecule has 6 heteroatoms. The van der Waals surface area contributed by atoms with Gasteiger partial charge >= 0.3 is 5.69 Å². The van der Waals surface area contributed by atoms with Gasteiger partial charge < -0.3 is 4.90 Å². The zero-order chi connectivity index (χ0) is 10.6. The summed E-state index contributed by atoms with van der Waals surface area (Å²) in [5.41, 5.74) is -0.153. The van der Waals surface area contributed by atoms with E-state index in [0.29, 0.717) is 11.3 Å². The lowest BCUT2D eigenvalue weighted by Gasteiger charge is -2.08. The van der Waals surface area contributed by atoms with Crippen molar-refractivity contribution in [2.75, 3.05) is 20.6 Å². The highest BCUT2D eigenvalue weighted by atomic mass is 32.1. The summed E-state index contributed by atoms with van der Waals surface area (Å²) in [6.07, 6.45) is 2.03. The summed E-state index contributed by atoms with van der Waals surface area (Å²) in [6, 6.07) is 0. The molecule has 0 aromatic carbocycles. The van der Waals surface area contributed by atoms with Crippen molar-refractivity contribution in [1.29, 1.82) is 0 Å².